The van der Waals surface area contributed by atoms with Crippen molar-refractivity contribution in [3.05, 3.63) is 23.8 Å². The van der Waals surface area contributed by atoms with Crippen LogP contribution < -0.4 is 19.7 Å². The third-order valence-electron chi connectivity index (χ3n) is 5.59. The van der Waals surface area contributed by atoms with Gasteiger partial charge >= 0.3 is 0 Å². The van der Waals surface area contributed by atoms with Gasteiger partial charge in [-0.05, 0) is 43.4 Å². The summed E-state index contributed by atoms with van der Waals surface area (Å²) < 4.78 is 11.5. The van der Waals surface area contributed by atoms with E-state index in [1.807, 2.05) is 30.1 Å². The summed E-state index contributed by atoms with van der Waals surface area (Å²) in [4.78, 5) is 27.8. The number of benzene rings is 1. The summed E-state index contributed by atoms with van der Waals surface area (Å²) in [6.45, 7) is 2.76. The third-order valence-corrected chi connectivity index (χ3v) is 5.59. The molecule has 1 aromatic rings. The zero-order valence-electron chi connectivity index (χ0n) is 16.5. The lowest BCUT2D eigenvalue weighted by Gasteiger charge is -2.26. The standard InChI is InChI=1S/C21H29N3O4/c1-23(13-20(25)22-16-6-7-16)14-21(26)24-9-2-4-17(24)15-5-8-18-19(12-15)28-11-3-10-27-18/h5,8,12,16-17H,2-4,6-7,9-11,13-14H2,1H3,(H,22,25)/p+1/t17-/m1/s1. The Balaban J connectivity index is 1.38. The highest BCUT2D eigenvalue weighted by Crippen LogP contribution is 2.37. The molecule has 2 heterocycles. The van der Waals surface area contributed by atoms with Gasteiger partial charge in [0.1, 0.15) is 0 Å². The van der Waals surface area contributed by atoms with Gasteiger partial charge in [0.15, 0.2) is 24.6 Å². The van der Waals surface area contributed by atoms with Crippen molar-refractivity contribution in [3.63, 3.8) is 0 Å². The number of hydrogen-bond donors (Lipinski definition) is 2. The number of carbonyl (C=O) groups is 2. The van der Waals surface area contributed by atoms with Crippen molar-refractivity contribution in [2.75, 3.05) is 39.9 Å². The Labute approximate surface area is 166 Å². The Morgan fingerprint density at radius 1 is 1.11 bits per heavy atom. The molecule has 4 rings (SSSR count). The summed E-state index contributed by atoms with van der Waals surface area (Å²) in [6.07, 6.45) is 4.98. The molecule has 0 radical (unpaired) electrons. The molecule has 1 aliphatic carbocycles. The summed E-state index contributed by atoms with van der Waals surface area (Å²) >= 11 is 0. The third kappa shape index (κ3) is 4.58. The molecular weight excluding hydrogens is 358 g/mol. The lowest BCUT2D eigenvalue weighted by atomic mass is 10.0. The first-order valence-corrected chi connectivity index (χ1v) is 10.4. The fraction of sp³-hybridized carbons (Fsp3) is 0.619. The van der Waals surface area contributed by atoms with Crippen LogP contribution in [0.1, 0.15) is 43.7 Å². The van der Waals surface area contributed by atoms with Crippen LogP contribution in [0.5, 0.6) is 11.5 Å². The van der Waals surface area contributed by atoms with Crippen LogP contribution in [0.3, 0.4) is 0 Å². The van der Waals surface area contributed by atoms with Gasteiger partial charge in [-0.25, -0.2) is 0 Å². The Bertz CT molecular complexity index is 734. The molecule has 0 spiro atoms. The number of hydrogen-bond acceptors (Lipinski definition) is 4. The van der Waals surface area contributed by atoms with Gasteiger partial charge in [0, 0.05) is 19.0 Å². The zero-order valence-corrected chi connectivity index (χ0v) is 16.5. The van der Waals surface area contributed by atoms with Gasteiger partial charge in [-0.3, -0.25) is 9.59 Å². The van der Waals surface area contributed by atoms with E-state index < -0.39 is 0 Å². The number of ether oxygens (including phenoxy) is 2. The van der Waals surface area contributed by atoms with Crippen molar-refractivity contribution in [3.8, 4) is 11.5 Å². The molecule has 7 heteroatoms. The van der Waals surface area contributed by atoms with Gasteiger partial charge in [0.25, 0.3) is 11.8 Å². The molecule has 7 nitrogen and oxygen atoms in total. The maximum atomic E-state index is 12.9. The minimum atomic E-state index is 0.0358. The van der Waals surface area contributed by atoms with E-state index in [0.717, 1.165) is 60.6 Å². The van der Waals surface area contributed by atoms with Crippen LogP contribution in [0.25, 0.3) is 0 Å². The number of carbonyl (C=O) groups excluding carboxylic acids is 2. The van der Waals surface area contributed by atoms with E-state index in [1.165, 1.54) is 0 Å². The largest absolute Gasteiger partial charge is 0.490 e. The molecule has 2 aliphatic heterocycles. The number of quaternary nitrogens is 1. The Kier molecular flexibility index (Phi) is 5.71. The molecule has 1 unspecified atom stereocenters. The molecule has 2 atom stereocenters. The number of likely N-dealkylation sites (tertiary alicyclic amines) is 1. The number of likely N-dealkylation sites (N-methyl/N-ethyl adjacent to an activating group) is 1. The highest BCUT2D eigenvalue weighted by molar-refractivity contribution is 5.79. The Morgan fingerprint density at radius 2 is 1.89 bits per heavy atom. The van der Waals surface area contributed by atoms with Crippen LogP contribution in [0.15, 0.2) is 18.2 Å². The smallest absolute Gasteiger partial charge is 0.278 e. The minimum Gasteiger partial charge on any atom is -0.490 e. The van der Waals surface area contributed by atoms with Crippen molar-refractivity contribution < 1.29 is 24.0 Å². The van der Waals surface area contributed by atoms with Crippen LogP contribution in [-0.4, -0.2) is 62.7 Å². The number of rotatable bonds is 6. The highest BCUT2D eigenvalue weighted by atomic mass is 16.5. The Hall–Kier alpha value is -2.28. The number of fused-ring (bicyclic) bond motifs is 1. The molecular formula is C21H30N3O4+. The molecule has 2 N–H and O–H groups in total. The molecule has 0 aromatic heterocycles. The SMILES string of the molecule is C[NH+](CC(=O)NC1CC1)CC(=O)N1CCC[C@@H]1c1ccc2c(c1)OCCCO2. The van der Waals surface area contributed by atoms with Crippen molar-refractivity contribution in [2.45, 2.75) is 44.2 Å². The van der Waals surface area contributed by atoms with Gasteiger partial charge in [0.2, 0.25) is 0 Å². The first kappa shape index (κ1) is 19.1. The van der Waals surface area contributed by atoms with E-state index in [-0.39, 0.29) is 17.9 Å². The molecule has 1 saturated heterocycles. The van der Waals surface area contributed by atoms with Crippen LogP contribution in [0.2, 0.25) is 0 Å². The molecule has 2 amide bonds. The number of nitrogens with one attached hydrogen (secondary N) is 2. The monoisotopic (exact) mass is 388 g/mol. The topological polar surface area (TPSA) is 72.3 Å². The van der Waals surface area contributed by atoms with Crippen LogP contribution >= 0.6 is 0 Å². The van der Waals surface area contributed by atoms with Gasteiger partial charge in [-0.15, -0.1) is 0 Å². The fourth-order valence-electron chi connectivity index (χ4n) is 4.00. The normalized spacial score (nSPS) is 22.5. The minimum absolute atomic E-state index is 0.0358. The van der Waals surface area contributed by atoms with Gasteiger partial charge in [0.05, 0.1) is 26.3 Å². The maximum absolute atomic E-state index is 12.9. The predicted molar refractivity (Wildman–Crippen MR) is 104 cm³/mol. The van der Waals surface area contributed by atoms with Crippen molar-refractivity contribution in [1.82, 2.24) is 10.2 Å². The van der Waals surface area contributed by atoms with E-state index in [1.54, 1.807) is 0 Å². The second-order valence-electron chi connectivity index (χ2n) is 8.15. The quantitative estimate of drug-likeness (QED) is 0.736. The number of amides is 2. The second kappa shape index (κ2) is 8.39. The lowest BCUT2D eigenvalue weighted by molar-refractivity contribution is -0.863. The van der Waals surface area contributed by atoms with E-state index in [9.17, 15) is 9.59 Å². The number of nitrogens with zero attached hydrogens (tertiary/aromatic N) is 1. The zero-order chi connectivity index (χ0) is 19.5. The molecule has 0 bridgehead atoms. The van der Waals surface area contributed by atoms with E-state index in [2.05, 4.69) is 5.32 Å². The molecule has 1 saturated carbocycles. The molecule has 152 valence electrons. The highest BCUT2D eigenvalue weighted by Gasteiger charge is 2.32. The average Bonchev–Trinajstić information content (AvgIpc) is 3.38. The van der Waals surface area contributed by atoms with Crippen LogP contribution in [0, 0.1) is 0 Å². The summed E-state index contributed by atoms with van der Waals surface area (Å²) in [7, 11) is 1.91. The van der Waals surface area contributed by atoms with Crippen molar-refractivity contribution in [1.29, 1.82) is 0 Å². The summed E-state index contributed by atoms with van der Waals surface area (Å²) in [6, 6.07) is 6.45. The van der Waals surface area contributed by atoms with Gasteiger partial charge < -0.3 is 24.6 Å². The molecule has 2 fully saturated rings. The van der Waals surface area contributed by atoms with Crippen molar-refractivity contribution >= 4 is 11.8 Å². The van der Waals surface area contributed by atoms with E-state index in [4.69, 9.17) is 9.47 Å². The second-order valence-corrected chi connectivity index (χ2v) is 8.15. The van der Waals surface area contributed by atoms with Gasteiger partial charge in [-0.1, -0.05) is 6.07 Å². The predicted octanol–water partition coefficient (Wildman–Crippen LogP) is 0.305. The summed E-state index contributed by atoms with van der Waals surface area (Å²) in [5.41, 5.74) is 1.10. The van der Waals surface area contributed by atoms with E-state index >= 15 is 0 Å². The van der Waals surface area contributed by atoms with Crippen molar-refractivity contribution in [2.24, 2.45) is 0 Å². The first-order valence-electron chi connectivity index (χ1n) is 10.4. The average molecular weight is 388 g/mol. The van der Waals surface area contributed by atoms with Crippen LogP contribution in [0.4, 0.5) is 0 Å². The van der Waals surface area contributed by atoms with E-state index in [0.29, 0.717) is 32.3 Å². The maximum Gasteiger partial charge on any atom is 0.278 e. The molecule has 1 aromatic carbocycles. The lowest BCUT2D eigenvalue weighted by Crippen LogP contribution is -3.11. The fourth-order valence-corrected chi connectivity index (χ4v) is 4.00. The molecule has 28 heavy (non-hydrogen) atoms. The van der Waals surface area contributed by atoms with Gasteiger partial charge in [-0.2, -0.15) is 0 Å². The summed E-state index contributed by atoms with van der Waals surface area (Å²) in [5, 5.41) is 2.99. The Morgan fingerprint density at radius 3 is 2.68 bits per heavy atom. The first-order chi connectivity index (χ1) is 13.6. The van der Waals surface area contributed by atoms with Crippen LogP contribution in [-0.2, 0) is 9.59 Å². The summed E-state index contributed by atoms with van der Waals surface area (Å²) in [5.74, 6) is 1.69. The molecule has 3 aliphatic rings.